The van der Waals surface area contributed by atoms with Gasteiger partial charge in [0.2, 0.25) is 5.91 Å². The molecule has 0 saturated carbocycles. The van der Waals surface area contributed by atoms with Crippen molar-refractivity contribution in [3.05, 3.63) is 117 Å². The molecule has 2 aliphatic heterocycles. The largest absolute Gasteiger partial charge is 0.455 e. The van der Waals surface area contributed by atoms with Crippen molar-refractivity contribution in [1.82, 2.24) is 24.5 Å². The number of carbonyl (C=O) groups is 2. The smallest absolute Gasteiger partial charge is 0.293 e. The molecular formula is C44H47ClN8O7S. The summed E-state index contributed by atoms with van der Waals surface area (Å²) >= 11 is 6.23. The lowest BCUT2D eigenvalue weighted by atomic mass is 9.72. The number of hydrogen-bond donors (Lipinski definition) is 3. The molecule has 3 aromatic carbocycles. The maximum absolute atomic E-state index is 13.9. The lowest BCUT2D eigenvalue weighted by Gasteiger charge is -2.39. The molecule has 3 aliphatic rings. The summed E-state index contributed by atoms with van der Waals surface area (Å²) in [5, 5.41) is 16.5. The summed E-state index contributed by atoms with van der Waals surface area (Å²) in [5.41, 5.74) is 5.22. The van der Waals surface area contributed by atoms with E-state index in [9.17, 15) is 28.1 Å². The van der Waals surface area contributed by atoms with Crippen LogP contribution in [0.2, 0.25) is 5.02 Å². The number of halogens is 1. The molecule has 3 N–H and O–H groups in total. The number of nitro groups is 1. The van der Waals surface area contributed by atoms with Crippen LogP contribution in [0.15, 0.2) is 95.7 Å². The molecular weight excluding hydrogens is 820 g/mol. The number of allylic oxidation sites excluding steroid dienone is 1. The van der Waals surface area contributed by atoms with Crippen LogP contribution in [0.25, 0.3) is 16.6 Å². The van der Waals surface area contributed by atoms with Crippen molar-refractivity contribution >= 4 is 67.1 Å². The minimum atomic E-state index is -4.61. The van der Waals surface area contributed by atoms with Crippen LogP contribution in [0.4, 0.5) is 17.1 Å². The number of amides is 2. The average molecular weight is 867 g/mol. The Morgan fingerprint density at radius 3 is 2.54 bits per heavy atom. The SMILES string of the molecule is CN1CC(Nc2ccc(S(=O)(=O)NC(=O)c3ccc(N4CCN(CC5=C(c6ccc(Cl)cc6)CC(C)(C)CC5)CC4)cc3Oc3cnc4[nH]ccc4c3)cc2[N+](=O)[O-])CC1=O. The Morgan fingerprint density at radius 1 is 1.05 bits per heavy atom. The van der Waals surface area contributed by atoms with Crippen molar-refractivity contribution < 1.29 is 27.7 Å². The standard InChI is InChI=1S/C44H47ClN8O7S/c1-44(2)14-12-30(37(24-44)28-4-6-31(45)7-5-28)26-51-16-18-52(19-17-51)33-8-10-36(40(22-33)60-34-20-29-13-15-46-42(29)47-25-34)43(55)49-61(58,59)35-9-11-38(39(23-35)53(56)57)48-32-21-41(54)50(3)27-32/h4-11,13,15,20,22-23,25,32,48H,12,14,16-19,21,24,26-27H2,1-3H3,(H,46,47)(H,49,55). The number of likely N-dealkylation sites (tertiary alicyclic amines) is 1. The summed E-state index contributed by atoms with van der Waals surface area (Å²) < 4.78 is 35.7. The van der Waals surface area contributed by atoms with Gasteiger partial charge in [-0.2, -0.15) is 0 Å². The monoisotopic (exact) mass is 866 g/mol. The molecule has 2 amide bonds. The number of sulfonamides is 1. The van der Waals surface area contributed by atoms with Gasteiger partial charge in [-0.05, 0) is 84.3 Å². The molecule has 2 saturated heterocycles. The highest BCUT2D eigenvalue weighted by Gasteiger charge is 2.32. The Bertz CT molecular complexity index is 2660. The number of pyridine rings is 1. The molecule has 2 aromatic heterocycles. The van der Waals surface area contributed by atoms with Gasteiger partial charge in [-0.15, -0.1) is 0 Å². The van der Waals surface area contributed by atoms with Crippen molar-refractivity contribution in [3.8, 4) is 11.5 Å². The van der Waals surface area contributed by atoms with Crippen LogP contribution < -0.4 is 19.7 Å². The predicted molar refractivity (Wildman–Crippen MR) is 235 cm³/mol. The molecule has 0 bridgehead atoms. The Morgan fingerprint density at radius 2 is 1.82 bits per heavy atom. The van der Waals surface area contributed by atoms with Gasteiger partial charge in [0, 0.05) is 87.2 Å². The maximum atomic E-state index is 13.9. The number of nitro benzene ring substituents is 1. The third kappa shape index (κ3) is 9.36. The first kappa shape index (κ1) is 41.8. The first-order valence-corrected chi connectivity index (χ1v) is 22.0. The minimum Gasteiger partial charge on any atom is -0.455 e. The number of rotatable bonds is 12. The lowest BCUT2D eigenvalue weighted by Crippen LogP contribution is -2.47. The third-order valence-electron chi connectivity index (χ3n) is 11.7. The summed E-state index contributed by atoms with van der Waals surface area (Å²) in [6.07, 6.45) is 6.57. The summed E-state index contributed by atoms with van der Waals surface area (Å²) in [6.45, 7) is 8.90. The number of fused-ring (bicyclic) bond motifs is 1. The summed E-state index contributed by atoms with van der Waals surface area (Å²) in [7, 11) is -2.97. The van der Waals surface area contributed by atoms with Gasteiger partial charge < -0.3 is 24.8 Å². The summed E-state index contributed by atoms with van der Waals surface area (Å²) in [5.74, 6) is -0.659. The van der Waals surface area contributed by atoms with Crippen LogP contribution in [0, 0.1) is 15.5 Å². The minimum absolute atomic E-state index is 0.0568. The average Bonchev–Trinajstić information content (AvgIpc) is 3.83. The molecule has 2 fully saturated rings. The third-order valence-corrected chi connectivity index (χ3v) is 13.3. The fourth-order valence-corrected chi connectivity index (χ4v) is 9.46. The molecule has 1 unspecified atom stereocenters. The van der Waals surface area contributed by atoms with E-state index in [4.69, 9.17) is 16.3 Å². The van der Waals surface area contributed by atoms with Crippen LogP contribution in [0.3, 0.4) is 0 Å². The van der Waals surface area contributed by atoms with Gasteiger partial charge in [0.1, 0.15) is 22.8 Å². The van der Waals surface area contributed by atoms with E-state index in [0.29, 0.717) is 31.0 Å². The number of anilines is 2. The number of hydrogen-bond acceptors (Lipinski definition) is 11. The van der Waals surface area contributed by atoms with E-state index >= 15 is 0 Å². The molecule has 5 aromatic rings. The van der Waals surface area contributed by atoms with Crippen LogP contribution in [-0.2, 0) is 14.8 Å². The molecule has 4 heterocycles. The highest BCUT2D eigenvalue weighted by Crippen LogP contribution is 2.43. The first-order chi connectivity index (χ1) is 29.1. The lowest BCUT2D eigenvalue weighted by molar-refractivity contribution is -0.384. The number of nitrogens with one attached hydrogen (secondary N) is 3. The highest BCUT2D eigenvalue weighted by molar-refractivity contribution is 7.90. The van der Waals surface area contributed by atoms with E-state index in [1.54, 1.807) is 31.4 Å². The van der Waals surface area contributed by atoms with Crippen molar-refractivity contribution in [1.29, 1.82) is 0 Å². The van der Waals surface area contributed by atoms with E-state index in [0.717, 1.165) is 61.1 Å². The zero-order chi connectivity index (χ0) is 43.1. The normalized spacial score (nSPS) is 18.4. The number of aromatic amines is 1. The molecule has 318 valence electrons. The number of piperazine rings is 1. The molecule has 8 rings (SSSR count). The number of ether oxygens (including phenoxy) is 1. The van der Waals surface area contributed by atoms with Gasteiger partial charge in [-0.25, -0.2) is 18.1 Å². The zero-order valence-corrected chi connectivity index (χ0v) is 35.7. The molecule has 0 spiro atoms. The molecule has 61 heavy (non-hydrogen) atoms. The van der Waals surface area contributed by atoms with Crippen LogP contribution in [0.1, 0.15) is 55.5 Å². The Labute approximate surface area is 358 Å². The molecule has 1 aliphatic carbocycles. The number of aromatic nitrogens is 2. The fourth-order valence-electron chi connectivity index (χ4n) is 8.35. The first-order valence-electron chi connectivity index (χ1n) is 20.2. The van der Waals surface area contributed by atoms with Gasteiger partial charge in [0.15, 0.2) is 0 Å². The van der Waals surface area contributed by atoms with Crippen molar-refractivity contribution in [2.45, 2.75) is 50.5 Å². The van der Waals surface area contributed by atoms with Gasteiger partial charge in [0.25, 0.3) is 21.6 Å². The zero-order valence-electron chi connectivity index (χ0n) is 34.1. The van der Waals surface area contributed by atoms with Gasteiger partial charge in [-0.1, -0.05) is 43.2 Å². The molecule has 0 radical (unpaired) electrons. The van der Waals surface area contributed by atoms with E-state index in [1.807, 2.05) is 18.2 Å². The van der Waals surface area contributed by atoms with Gasteiger partial charge >= 0.3 is 0 Å². The Kier molecular flexibility index (Phi) is 11.5. The van der Waals surface area contributed by atoms with Crippen molar-refractivity contribution in [2.75, 3.05) is 56.5 Å². The second kappa shape index (κ2) is 16.8. The van der Waals surface area contributed by atoms with Crippen molar-refractivity contribution in [2.24, 2.45) is 5.41 Å². The highest BCUT2D eigenvalue weighted by atomic mass is 35.5. The summed E-state index contributed by atoms with van der Waals surface area (Å²) in [4.78, 5) is 50.4. The number of carbonyl (C=O) groups excluding carboxylic acids is 2. The van der Waals surface area contributed by atoms with E-state index in [1.165, 1.54) is 46.0 Å². The Balaban J connectivity index is 1.01. The second-order valence-corrected chi connectivity index (χ2v) is 18.9. The van der Waals surface area contributed by atoms with E-state index < -0.39 is 37.5 Å². The van der Waals surface area contributed by atoms with Gasteiger partial charge in [-0.3, -0.25) is 24.6 Å². The number of likely N-dealkylation sites (N-methyl/N-ethyl adjacent to an activating group) is 1. The van der Waals surface area contributed by atoms with Gasteiger partial charge in [0.05, 0.1) is 27.6 Å². The molecule has 15 nitrogen and oxygen atoms in total. The van der Waals surface area contributed by atoms with Crippen molar-refractivity contribution in [3.63, 3.8) is 0 Å². The van der Waals surface area contributed by atoms with Crippen LogP contribution >= 0.6 is 11.6 Å². The topological polar surface area (TPSA) is 183 Å². The molecule has 1 atom stereocenters. The van der Waals surface area contributed by atoms with Crippen LogP contribution in [0.5, 0.6) is 11.5 Å². The second-order valence-electron chi connectivity index (χ2n) is 16.8. The Hall–Kier alpha value is -5.97. The molecule has 17 heteroatoms. The predicted octanol–water partition coefficient (Wildman–Crippen LogP) is 7.46. The number of benzene rings is 3. The maximum Gasteiger partial charge on any atom is 0.293 e. The summed E-state index contributed by atoms with van der Waals surface area (Å²) in [6, 6.07) is 19.7. The van der Waals surface area contributed by atoms with E-state index in [2.05, 4.69) is 55.8 Å². The van der Waals surface area contributed by atoms with E-state index in [-0.39, 0.29) is 34.7 Å². The van der Waals surface area contributed by atoms with Crippen LogP contribution in [-0.4, -0.2) is 97.3 Å². The number of H-pyrrole nitrogens is 1. The fraction of sp³-hybridized carbons (Fsp3) is 0.341. The number of nitrogens with zero attached hydrogens (tertiary/aromatic N) is 5. The quantitative estimate of drug-likeness (QED) is 0.0836.